The van der Waals surface area contributed by atoms with E-state index < -0.39 is 11.7 Å². The summed E-state index contributed by atoms with van der Waals surface area (Å²) in [5.74, 6) is 1.27. The Morgan fingerprint density at radius 3 is 2.50 bits per heavy atom. The van der Waals surface area contributed by atoms with Crippen LogP contribution in [-0.4, -0.2) is 76.9 Å². The fourth-order valence-corrected chi connectivity index (χ4v) is 4.24. The second-order valence-corrected chi connectivity index (χ2v) is 8.36. The zero-order valence-corrected chi connectivity index (χ0v) is 18.3. The van der Waals surface area contributed by atoms with Crippen LogP contribution in [0.3, 0.4) is 0 Å². The number of piperidine rings is 1. The van der Waals surface area contributed by atoms with E-state index in [9.17, 15) is 15.3 Å². The average molecular weight is 439 g/mol. The van der Waals surface area contributed by atoms with Crippen LogP contribution in [0.4, 0.5) is 0 Å². The number of ether oxygens (including phenoxy) is 2. The third-order valence-corrected chi connectivity index (χ3v) is 6.12. The number of pyridine rings is 1. The Hall–Kier alpha value is -2.71. The van der Waals surface area contributed by atoms with Gasteiger partial charge in [-0.05, 0) is 48.1 Å². The van der Waals surface area contributed by atoms with Crippen molar-refractivity contribution in [3.8, 4) is 22.8 Å². The predicted molar refractivity (Wildman–Crippen MR) is 123 cm³/mol. The van der Waals surface area contributed by atoms with Crippen molar-refractivity contribution < 1.29 is 24.8 Å². The van der Waals surface area contributed by atoms with E-state index in [0.717, 1.165) is 21.9 Å². The Morgan fingerprint density at radius 2 is 1.78 bits per heavy atom. The van der Waals surface area contributed by atoms with Gasteiger partial charge in [-0.1, -0.05) is 24.3 Å². The van der Waals surface area contributed by atoms with Crippen molar-refractivity contribution >= 4 is 10.8 Å². The fourth-order valence-electron chi connectivity index (χ4n) is 4.24. The Morgan fingerprint density at radius 1 is 1.03 bits per heavy atom. The molecule has 0 amide bonds. The smallest absolute Gasteiger partial charge is 0.221 e. The molecule has 170 valence electrons. The third-order valence-electron chi connectivity index (χ3n) is 6.12. The summed E-state index contributed by atoms with van der Waals surface area (Å²) in [6, 6.07) is 15.8. The number of methoxy groups -OCH3 is 1. The molecular formula is C25H30N2O5. The van der Waals surface area contributed by atoms with Gasteiger partial charge in [0.1, 0.15) is 18.5 Å². The predicted octanol–water partition coefficient (Wildman–Crippen LogP) is 2.47. The molecule has 7 nitrogen and oxygen atoms in total. The van der Waals surface area contributed by atoms with Gasteiger partial charge in [0.25, 0.3) is 0 Å². The number of β-amino-alcohol motifs (C(OH)–C–C–N with tert-alkyl or cyclic N) is 1. The third kappa shape index (κ3) is 4.86. The van der Waals surface area contributed by atoms with Gasteiger partial charge in [-0.3, -0.25) is 0 Å². The maximum atomic E-state index is 10.5. The summed E-state index contributed by atoms with van der Waals surface area (Å²) in [6.07, 6.45) is 2.05. The molecule has 0 aliphatic carbocycles. The van der Waals surface area contributed by atoms with Gasteiger partial charge in [0, 0.05) is 36.8 Å². The van der Waals surface area contributed by atoms with E-state index in [2.05, 4.69) is 9.88 Å². The highest BCUT2D eigenvalue weighted by atomic mass is 16.5. The van der Waals surface area contributed by atoms with Crippen LogP contribution in [0, 0.1) is 0 Å². The lowest BCUT2D eigenvalue weighted by Crippen LogP contribution is -2.48. The standard InChI is InChI=1S/C25H30N2O5/c1-31-24-22(7-4-12-26-24)20-8-9-23(21-6-3-2-5-19(20)21)32-16-18(29)15-27-13-10-25(30,17-28)11-14-27/h2-9,12,18,28-30H,10-11,13-17H2,1H3. The van der Waals surface area contributed by atoms with Crippen molar-refractivity contribution in [3.63, 3.8) is 0 Å². The van der Waals surface area contributed by atoms with Gasteiger partial charge in [-0.15, -0.1) is 0 Å². The number of nitrogens with zero attached hydrogens (tertiary/aromatic N) is 2. The van der Waals surface area contributed by atoms with Crippen LogP contribution in [0.5, 0.6) is 11.6 Å². The maximum absolute atomic E-state index is 10.5. The van der Waals surface area contributed by atoms with Crippen molar-refractivity contribution in [1.82, 2.24) is 9.88 Å². The Balaban J connectivity index is 1.46. The summed E-state index contributed by atoms with van der Waals surface area (Å²) < 4.78 is 11.5. The molecule has 2 aromatic carbocycles. The Kier molecular flexibility index (Phi) is 6.91. The number of aliphatic hydroxyl groups is 3. The van der Waals surface area contributed by atoms with E-state index in [0.29, 0.717) is 44.1 Å². The van der Waals surface area contributed by atoms with Crippen LogP contribution in [0.2, 0.25) is 0 Å². The molecule has 1 aliphatic rings. The number of aromatic nitrogens is 1. The molecule has 1 atom stereocenters. The lowest BCUT2D eigenvalue weighted by Gasteiger charge is -2.37. The van der Waals surface area contributed by atoms with Crippen LogP contribution >= 0.6 is 0 Å². The number of hydrogen-bond acceptors (Lipinski definition) is 7. The lowest BCUT2D eigenvalue weighted by atomic mass is 9.92. The summed E-state index contributed by atoms with van der Waals surface area (Å²) >= 11 is 0. The minimum absolute atomic E-state index is 0.167. The molecule has 0 saturated carbocycles. The summed E-state index contributed by atoms with van der Waals surface area (Å²) in [6.45, 7) is 1.68. The highest BCUT2D eigenvalue weighted by Gasteiger charge is 2.32. The van der Waals surface area contributed by atoms with Gasteiger partial charge in [0.05, 0.1) is 19.3 Å². The number of likely N-dealkylation sites (tertiary alicyclic amines) is 1. The molecule has 2 heterocycles. The van der Waals surface area contributed by atoms with Crippen LogP contribution in [0.1, 0.15) is 12.8 Å². The minimum Gasteiger partial charge on any atom is -0.490 e. The first kappa shape index (κ1) is 22.5. The Labute approximate surface area is 187 Å². The van der Waals surface area contributed by atoms with Crippen molar-refractivity contribution in [2.75, 3.05) is 40.0 Å². The minimum atomic E-state index is -0.991. The van der Waals surface area contributed by atoms with Crippen molar-refractivity contribution in [2.45, 2.75) is 24.5 Å². The monoisotopic (exact) mass is 438 g/mol. The summed E-state index contributed by atoms with van der Waals surface area (Å²) in [5, 5.41) is 31.9. The van der Waals surface area contributed by atoms with Gasteiger partial charge < -0.3 is 29.7 Å². The molecule has 3 aromatic rings. The van der Waals surface area contributed by atoms with Crippen molar-refractivity contribution in [1.29, 1.82) is 0 Å². The van der Waals surface area contributed by atoms with E-state index in [4.69, 9.17) is 9.47 Å². The van der Waals surface area contributed by atoms with E-state index in [-0.39, 0.29) is 13.2 Å². The number of rotatable bonds is 8. The molecule has 1 unspecified atom stereocenters. The number of hydrogen-bond donors (Lipinski definition) is 3. The second-order valence-electron chi connectivity index (χ2n) is 8.36. The molecule has 1 saturated heterocycles. The molecular weight excluding hydrogens is 408 g/mol. The van der Waals surface area contributed by atoms with Crippen LogP contribution in [0.25, 0.3) is 21.9 Å². The molecule has 0 radical (unpaired) electrons. The number of benzene rings is 2. The zero-order chi connectivity index (χ0) is 22.6. The molecule has 0 spiro atoms. The zero-order valence-electron chi connectivity index (χ0n) is 18.3. The quantitative estimate of drug-likeness (QED) is 0.497. The van der Waals surface area contributed by atoms with Gasteiger partial charge in [0.2, 0.25) is 5.88 Å². The summed E-state index contributed by atoms with van der Waals surface area (Å²) in [4.78, 5) is 6.40. The molecule has 1 fully saturated rings. The van der Waals surface area contributed by atoms with Gasteiger partial charge in [0.15, 0.2) is 0 Å². The van der Waals surface area contributed by atoms with Crippen LogP contribution < -0.4 is 9.47 Å². The first-order valence-electron chi connectivity index (χ1n) is 10.9. The highest BCUT2D eigenvalue weighted by molar-refractivity contribution is 6.00. The highest BCUT2D eigenvalue weighted by Crippen LogP contribution is 2.37. The SMILES string of the molecule is COc1ncccc1-c1ccc(OCC(O)CN2CCC(O)(CO)CC2)c2ccccc12. The normalized spacial score (nSPS) is 17.2. The molecule has 1 aromatic heterocycles. The number of fused-ring (bicyclic) bond motifs is 1. The van der Waals surface area contributed by atoms with Gasteiger partial charge >= 0.3 is 0 Å². The van der Waals surface area contributed by atoms with Crippen molar-refractivity contribution in [3.05, 3.63) is 54.7 Å². The second kappa shape index (κ2) is 9.83. The molecule has 1 aliphatic heterocycles. The van der Waals surface area contributed by atoms with Gasteiger partial charge in [-0.2, -0.15) is 0 Å². The topological polar surface area (TPSA) is 95.3 Å². The number of aliphatic hydroxyl groups excluding tert-OH is 2. The van der Waals surface area contributed by atoms with Crippen LogP contribution in [-0.2, 0) is 0 Å². The summed E-state index contributed by atoms with van der Waals surface area (Å²) in [7, 11) is 1.61. The Bertz CT molecular complexity index is 1050. The molecule has 4 rings (SSSR count). The van der Waals surface area contributed by atoms with Gasteiger partial charge in [-0.25, -0.2) is 4.98 Å². The molecule has 0 bridgehead atoms. The fraction of sp³-hybridized carbons (Fsp3) is 0.400. The molecule has 7 heteroatoms. The van der Waals surface area contributed by atoms with Crippen LogP contribution in [0.15, 0.2) is 54.7 Å². The van der Waals surface area contributed by atoms with E-state index >= 15 is 0 Å². The average Bonchev–Trinajstić information content (AvgIpc) is 2.84. The first-order valence-corrected chi connectivity index (χ1v) is 10.9. The maximum Gasteiger partial charge on any atom is 0.221 e. The lowest BCUT2D eigenvalue weighted by molar-refractivity contribution is -0.0656. The van der Waals surface area contributed by atoms with E-state index in [1.807, 2.05) is 48.5 Å². The molecule has 32 heavy (non-hydrogen) atoms. The largest absolute Gasteiger partial charge is 0.490 e. The first-order chi connectivity index (χ1) is 15.5. The van der Waals surface area contributed by atoms with Crippen molar-refractivity contribution in [2.24, 2.45) is 0 Å². The van der Waals surface area contributed by atoms with E-state index in [1.165, 1.54) is 0 Å². The molecule has 3 N–H and O–H groups in total. The van der Waals surface area contributed by atoms with E-state index in [1.54, 1.807) is 13.3 Å². The summed E-state index contributed by atoms with van der Waals surface area (Å²) in [5.41, 5.74) is 0.920.